The summed E-state index contributed by atoms with van der Waals surface area (Å²) in [5.41, 5.74) is 10.1. The molecule has 0 atom stereocenters. The molecule has 88 valence electrons. The summed E-state index contributed by atoms with van der Waals surface area (Å²) in [5, 5.41) is 15.5. The molecule has 0 spiro atoms. The molecular formula is C8H14N6OS. The van der Waals surface area contributed by atoms with Crippen molar-refractivity contribution in [3.63, 3.8) is 0 Å². The molecule has 5 N–H and O–H groups in total. The minimum atomic E-state index is -0.206. The predicted octanol–water partition coefficient (Wildman–Crippen LogP) is -0.700. The Hall–Kier alpha value is -1.75. The molecule has 0 saturated heterocycles. The molecular weight excluding hydrogens is 228 g/mol. The summed E-state index contributed by atoms with van der Waals surface area (Å²) in [4.78, 5) is 16.3. The first-order valence-corrected chi connectivity index (χ1v) is 5.37. The summed E-state index contributed by atoms with van der Waals surface area (Å²) >= 11 is 0.936. The monoisotopic (exact) mass is 242 g/mol. The second-order valence-corrected chi connectivity index (χ2v) is 3.82. The van der Waals surface area contributed by atoms with Crippen LogP contribution in [0.4, 0.5) is 0 Å². The van der Waals surface area contributed by atoms with Gasteiger partial charge in [0, 0.05) is 13.6 Å². The Kier molecular flexibility index (Phi) is 6.71. The molecule has 0 radical (unpaired) electrons. The second-order valence-electron chi connectivity index (χ2n) is 2.85. The summed E-state index contributed by atoms with van der Waals surface area (Å²) in [6, 6.07) is 1.95. The average molecular weight is 242 g/mol. The number of amides is 1. The van der Waals surface area contributed by atoms with Crippen LogP contribution in [0.5, 0.6) is 0 Å². The van der Waals surface area contributed by atoms with E-state index in [1.54, 1.807) is 7.05 Å². The van der Waals surface area contributed by atoms with Crippen LogP contribution in [-0.2, 0) is 4.79 Å². The van der Waals surface area contributed by atoms with E-state index in [-0.39, 0.29) is 29.2 Å². The summed E-state index contributed by atoms with van der Waals surface area (Å²) in [5.74, 6) is -0.295. The number of nitrogens with two attached hydrogens (primary N) is 2. The third-order valence-corrected chi connectivity index (χ3v) is 2.30. The minimum absolute atomic E-state index is 0.0809. The highest BCUT2D eigenvalue weighted by Gasteiger charge is 2.09. The molecule has 0 unspecified atom stereocenters. The van der Waals surface area contributed by atoms with Crippen molar-refractivity contribution in [1.82, 2.24) is 4.90 Å². The number of carbonyl (C=O) groups is 1. The maximum absolute atomic E-state index is 11.4. The molecule has 0 rings (SSSR count). The van der Waals surface area contributed by atoms with Crippen molar-refractivity contribution < 1.29 is 4.79 Å². The summed E-state index contributed by atoms with van der Waals surface area (Å²) < 4.78 is 0. The van der Waals surface area contributed by atoms with Gasteiger partial charge in [-0.3, -0.25) is 10.2 Å². The molecule has 0 aromatic heterocycles. The van der Waals surface area contributed by atoms with Crippen molar-refractivity contribution >= 4 is 28.8 Å². The van der Waals surface area contributed by atoms with Crippen LogP contribution in [0.25, 0.3) is 0 Å². The lowest BCUT2D eigenvalue weighted by Gasteiger charge is -2.14. The highest BCUT2D eigenvalue weighted by Crippen LogP contribution is 2.04. The van der Waals surface area contributed by atoms with Crippen LogP contribution < -0.4 is 11.5 Å². The highest BCUT2D eigenvalue weighted by atomic mass is 32.2. The van der Waals surface area contributed by atoms with E-state index in [0.717, 1.165) is 11.8 Å². The number of nitrogens with zero attached hydrogens (tertiary/aromatic N) is 3. The zero-order valence-corrected chi connectivity index (χ0v) is 9.75. The van der Waals surface area contributed by atoms with E-state index in [1.807, 2.05) is 6.07 Å². The number of nitriles is 1. The number of guanidine groups is 1. The Bertz CT molecular complexity index is 330. The van der Waals surface area contributed by atoms with Crippen molar-refractivity contribution in [3.8, 4) is 6.07 Å². The van der Waals surface area contributed by atoms with Crippen LogP contribution in [0.15, 0.2) is 4.99 Å². The number of amidine groups is 1. The van der Waals surface area contributed by atoms with Crippen molar-refractivity contribution in [3.05, 3.63) is 0 Å². The van der Waals surface area contributed by atoms with Gasteiger partial charge in [-0.1, -0.05) is 11.8 Å². The Labute approximate surface area is 98.0 Å². The first-order chi connectivity index (χ1) is 7.47. The van der Waals surface area contributed by atoms with Crippen LogP contribution in [0, 0.1) is 16.7 Å². The molecule has 0 aromatic carbocycles. The molecule has 16 heavy (non-hydrogen) atoms. The first-order valence-electron chi connectivity index (χ1n) is 4.39. The van der Waals surface area contributed by atoms with Gasteiger partial charge in [0.1, 0.15) is 0 Å². The molecule has 7 nitrogen and oxygen atoms in total. The van der Waals surface area contributed by atoms with E-state index in [0.29, 0.717) is 6.54 Å². The van der Waals surface area contributed by atoms with E-state index in [9.17, 15) is 4.79 Å². The van der Waals surface area contributed by atoms with Crippen LogP contribution in [-0.4, -0.2) is 41.3 Å². The maximum atomic E-state index is 11.4. The van der Waals surface area contributed by atoms with Gasteiger partial charge in [0.25, 0.3) is 0 Å². The molecule has 0 saturated carbocycles. The van der Waals surface area contributed by atoms with Crippen LogP contribution in [0.2, 0.25) is 0 Å². The van der Waals surface area contributed by atoms with Crippen molar-refractivity contribution in [2.24, 2.45) is 16.5 Å². The number of hydrogen-bond acceptors (Lipinski definition) is 4. The molecule has 0 heterocycles. The molecule has 0 bridgehead atoms. The largest absolute Gasteiger partial charge is 0.370 e. The van der Waals surface area contributed by atoms with E-state index >= 15 is 0 Å². The zero-order valence-electron chi connectivity index (χ0n) is 8.93. The Morgan fingerprint density at radius 1 is 1.62 bits per heavy atom. The Balaban J connectivity index is 3.94. The fraction of sp³-hybridized carbons (Fsp3) is 0.500. The SMILES string of the molecule is CN(CCC#N)C(=O)CSC(=N)N=C(N)N. The lowest BCUT2D eigenvalue weighted by Crippen LogP contribution is -2.29. The third-order valence-electron chi connectivity index (χ3n) is 1.55. The normalized spacial score (nSPS) is 9.00. The molecule has 0 aliphatic rings. The van der Waals surface area contributed by atoms with Crippen molar-refractivity contribution in [2.45, 2.75) is 6.42 Å². The van der Waals surface area contributed by atoms with E-state index < -0.39 is 0 Å². The highest BCUT2D eigenvalue weighted by molar-refractivity contribution is 8.14. The summed E-state index contributed by atoms with van der Waals surface area (Å²) in [6.07, 6.45) is 0.290. The molecule has 0 fully saturated rings. The summed E-state index contributed by atoms with van der Waals surface area (Å²) in [7, 11) is 1.60. The van der Waals surface area contributed by atoms with E-state index in [4.69, 9.17) is 22.1 Å². The van der Waals surface area contributed by atoms with Crippen LogP contribution >= 0.6 is 11.8 Å². The number of hydrogen-bond donors (Lipinski definition) is 3. The third kappa shape index (κ3) is 6.67. The molecule has 8 heteroatoms. The van der Waals surface area contributed by atoms with Gasteiger partial charge in [-0.15, -0.1) is 0 Å². The van der Waals surface area contributed by atoms with Crippen molar-refractivity contribution in [2.75, 3.05) is 19.3 Å². The number of carbonyl (C=O) groups excluding carboxylic acids is 1. The number of aliphatic imine (C=N–C) groups is 1. The van der Waals surface area contributed by atoms with Gasteiger partial charge in [-0.25, -0.2) is 0 Å². The topological polar surface area (TPSA) is 132 Å². The molecule has 0 aliphatic heterocycles. The Morgan fingerprint density at radius 3 is 2.75 bits per heavy atom. The minimum Gasteiger partial charge on any atom is -0.370 e. The van der Waals surface area contributed by atoms with E-state index in [1.165, 1.54) is 4.90 Å². The number of nitrogens with one attached hydrogen (secondary N) is 1. The summed E-state index contributed by atoms with van der Waals surface area (Å²) in [6.45, 7) is 0.380. The Morgan fingerprint density at radius 2 is 2.25 bits per heavy atom. The lowest BCUT2D eigenvalue weighted by molar-refractivity contribution is -0.127. The quantitative estimate of drug-likeness (QED) is 0.443. The molecule has 0 aromatic rings. The predicted molar refractivity (Wildman–Crippen MR) is 63.9 cm³/mol. The van der Waals surface area contributed by atoms with Gasteiger partial charge in [-0.05, 0) is 0 Å². The second kappa shape index (κ2) is 7.53. The number of thioether (sulfide) groups is 1. The van der Waals surface area contributed by atoms with Gasteiger partial charge >= 0.3 is 0 Å². The zero-order chi connectivity index (χ0) is 12.6. The smallest absolute Gasteiger partial charge is 0.232 e. The standard InChI is InChI=1S/C8H14N6OS/c1-14(4-2-3-9)6(15)5-16-8(12)13-7(10)11/h2,4-5H2,1H3,(H5,10,11,12,13). The molecule has 1 amide bonds. The van der Waals surface area contributed by atoms with E-state index in [2.05, 4.69) is 4.99 Å². The van der Waals surface area contributed by atoms with Gasteiger partial charge < -0.3 is 16.4 Å². The fourth-order valence-electron chi connectivity index (χ4n) is 0.732. The van der Waals surface area contributed by atoms with Crippen LogP contribution in [0.3, 0.4) is 0 Å². The first kappa shape index (κ1) is 14.2. The van der Waals surface area contributed by atoms with Gasteiger partial charge in [-0.2, -0.15) is 10.3 Å². The van der Waals surface area contributed by atoms with Crippen LogP contribution in [0.1, 0.15) is 6.42 Å². The fourth-order valence-corrected chi connectivity index (χ4v) is 1.38. The molecule has 0 aliphatic carbocycles. The van der Waals surface area contributed by atoms with Gasteiger partial charge in [0.2, 0.25) is 5.91 Å². The van der Waals surface area contributed by atoms with Gasteiger partial charge in [0.15, 0.2) is 11.1 Å². The average Bonchev–Trinajstić information content (AvgIpc) is 2.21. The lowest BCUT2D eigenvalue weighted by atomic mass is 10.4. The number of rotatable bonds is 4. The van der Waals surface area contributed by atoms with Crippen molar-refractivity contribution in [1.29, 1.82) is 10.7 Å². The van der Waals surface area contributed by atoms with Gasteiger partial charge in [0.05, 0.1) is 18.2 Å². The maximum Gasteiger partial charge on any atom is 0.232 e.